The summed E-state index contributed by atoms with van der Waals surface area (Å²) in [7, 11) is 0. The van der Waals surface area contributed by atoms with Gasteiger partial charge in [0.05, 0.1) is 5.69 Å². The molecule has 6 heteroatoms. The van der Waals surface area contributed by atoms with E-state index in [4.69, 9.17) is 17.3 Å². The van der Waals surface area contributed by atoms with E-state index in [1.54, 1.807) is 30.5 Å². The van der Waals surface area contributed by atoms with Gasteiger partial charge in [-0.2, -0.15) is 0 Å². The Morgan fingerprint density at radius 1 is 1.47 bits per heavy atom. The van der Waals surface area contributed by atoms with Gasteiger partial charge in [0.15, 0.2) is 5.13 Å². The van der Waals surface area contributed by atoms with Gasteiger partial charge in [0, 0.05) is 16.1 Å². The highest BCUT2D eigenvalue weighted by Crippen LogP contribution is 2.33. The third-order valence-corrected chi connectivity index (χ3v) is 4.08. The highest BCUT2D eigenvalue weighted by Gasteiger charge is 2.19. The zero-order valence-corrected chi connectivity index (χ0v) is 12.2. The van der Waals surface area contributed by atoms with Gasteiger partial charge in [-0.05, 0) is 24.1 Å². The summed E-state index contributed by atoms with van der Waals surface area (Å²) in [5, 5.41) is 1.10. The van der Waals surface area contributed by atoms with Gasteiger partial charge in [-0.1, -0.05) is 31.5 Å². The largest absolute Gasteiger partial charge is 0.351 e. The lowest BCUT2D eigenvalue weighted by atomic mass is 10.2. The highest BCUT2D eigenvalue weighted by atomic mass is 35.5. The highest BCUT2D eigenvalue weighted by molar-refractivity contribution is 7.15. The molecule has 1 aromatic carbocycles. The number of nitrogens with two attached hydrogens (primary N) is 1. The van der Waals surface area contributed by atoms with Crippen LogP contribution in [0.1, 0.15) is 24.6 Å². The van der Waals surface area contributed by atoms with E-state index in [2.05, 4.69) is 18.8 Å². The molecule has 2 rings (SSSR count). The number of primary amides is 1. The van der Waals surface area contributed by atoms with E-state index in [1.165, 1.54) is 16.2 Å². The van der Waals surface area contributed by atoms with Crippen LogP contribution in [-0.4, -0.2) is 11.0 Å². The fraction of sp³-hybridized carbons (Fsp3) is 0.231. The minimum atomic E-state index is -0.577. The minimum Gasteiger partial charge on any atom is -0.351 e. The first kappa shape index (κ1) is 13.8. The molecule has 0 spiro atoms. The average molecular weight is 296 g/mol. The first-order chi connectivity index (χ1) is 8.99. The number of benzene rings is 1. The Morgan fingerprint density at radius 2 is 2.21 bits per heavy atom. The first-order valence-electron chi connectivity index (χ1n) is 5.80. The van der Waals surface area contributed by atoms with Crippen LogP contribution in [0.5, 0.6) is 0 Å². The lowest BCUT2D eigenvalue weighted by Crippen LogP contribution is -2.31. The number of halogens is 1. The Bertz CT molecular complexity index is 597. The molecule has 100 valence electrons. The number of amides is 2. The summed E-state index contributed by atoms with van der Waals surface area (Å²) in [4.78, 5) is 18.4. The number of hydrogen-bond acceptors (Lipinski definition) is 3. The summed E-state index contributed by atoms with van der Waals surface area (Å²) in [6.45, 7) is 4.15. The smallest absolute Gasteiger partial charge is 0.325 e. The van der Waals surface area contributed by atoms with Gasteiger partial charge in [-0.25, -0.2) is 14.7 Å². The molecule has 0 fully saturated rings. The summed E-state index contributed by atoms with van der Waals surface area (Å²) in [6.07, 6.45) is 1.77. The van der Waals surface area contributed by atoms with Crippen molar-refractivity contribution in [1.29, 1.82) is 0 Å². The van der Waals surface area contributed by atoms with Crippen molar-refractivity contribution in [2.24, 2.45) is 5.73 Å². The molecule has 0 saturated heterocycles. The second-order valence-electron chi connectivity index (χ2n) is 4.35. The van der Waals surface area contributed by atoms with Crippen LogP contribution in [0.4, 0.5) is 15.6 Å². The van der Waals surface area contributed by atoms with E-state index in [0.717, 1.165) is 4.88 Å². The number of carbonyl (C=O) groups is 1. The van der Waals surface area contributed by atoms with Gasteiger partial charge in [0.1, 0.15) is 0 Å². The van der Waals surface area contributed by atoms with Crippen molar-refractivity contribution < 1.29 is 4.79 Å². The van der Waals surface area contributed by atoms with Crippen LogP contribution >= 0.6 is 22.9 Å². The lowest BCUT2D eigenvalue weighted by Gasteiger charge is -2.17. The normalized spacial score (nSPS) is 10.7. The second kappa shape index (κ2) is 5.59. The maximum atomic E-state index is 11.7. The molecule has 19 heavy (non-hydrogen) atoms. The van der Waals surface area contributed by atoms with Gasteiger partial charge in [0.2, 0.25) is 0 Å². The number of rotatable bonds is 3. The van der Waals surface area contributed by atoms with Gasteiger partial charge in [-0.3, -0.25) is 0 Å². The first-order valence-corrected chi connectivity index (χ1v) is 6.99. The summed E-state index contributed by atoms with van der Waals surface area (Å²) in [5.41, 5.74) is 6.06. The van der Waals surface area contributed by atoms with Crippen LogP contribution in [0, 0.1) is 0 Å². The van der Waals surface area contributed by atoms with Crippen molar-refractivity contribution >= 4 is 39.8 Å². The molecule has 1 aromatic heterocycles. The number of thiazole rings is 1. The van der Waals surface area contributed by atoms with Crippen molar-refractivity contribution in [1.82, 2.24) is 4.98 Å². The molecule has 0 aliphatic carbocycles. The molecule has 4 nitrogen and oxygen atoms in total. The number of carbonyl (C=O) groups excluding carboxylic acids is 1. The van der Waals surface area contributed by atoms with Gasteiger partial charge >= 0.3 is 6.03 Å². The zero-order chi connectivity index (χ0) is 14.0. The molecule has 0 saturated carbocycles. The van der Waals surface area contributed by atoms with Crippen LogP contribution in [0.25, 0.3) is 0 Å². The van der Waals surface area contributed by atoms with Crippen molar-refractivity contribution in [3.05, 3.63) is 40.4 Å². The number of hydrogen-bond donors (Lipinski definition) is 1. The molecule has 0 atom stereocenters. The quantitative estimate of drug-likeness (QED) is 0.925. The fourth-order valence-corrected chi connectivity index (χ4v) is 2.72. The Balaban J connectivity index is 2.42. The minimum absolute atomic E-state index is 0.361. The van der Waals surface area contributed by atoms with Gasteiger partial charge in [0.25, 0.3) is 0 Å². The molecular weight excluding hydrogens is 282 g/mol. The molecule has 0 aliphatic heterocycles. The van der Waals surface area contributed by atoms with E-state index >= 15 is 0 Å². The lowest BCUT2D eigenvalue weighted by molar-refractivity contribution is 0.256. The molecule has 2 amide bonds. The van der Waals surface area contributed by atoms with E-state index in [-0.39, 0.29) is 0 Å². The van der Waals surface area contributed by atoms with Crippen molar-refractivity contribution in [3.8, 4) is 0 Å². The molecule has 2 N–H and O–H groups in total. The summed E-state index contributed by atoms with van der Waals surface area (Å²) >= 11 is 7.39. The third-order valence-electron chi connectivity index (χ3n) is 2.56. The van der Waals surface area contributed by atoms with Crippen LogP contribution in [0.2, 0.25) is 5.02 Å². The summed E-state index contributed by atoms with van der Waals surface area (Å²) < 4.78 is 0. The maximum absolute atomic E-state index is 11.7. The molecule has 0 bridgehead atoms. The van der Waals surface area contributed by atoms with E-state index in [0.29, 0.717) is 21.8 Å². The van der Waals surface area contributed by atoms with Crippen molar-refractivity contribution in [3.63, 3.8) is 0 Å². The molecule has 0 aliphatic rings. The summed E-state index contributed by atoms with van der Waals surface area (Å²) in [6, 6.07) is 6.39. The van der Waals surface area contributed by atoms with E-state index in [9.17, 15) is 4.79 Å². The predicted octanol–water partition coefficient (Wildman–Crippen LogP) is 4.14. The number of anilines is 2. The molecule has 1 heterocycles. The average Bonchev–Trinajstić information content (AvgIpc) is 2.78. The van der Waals surface area contributed by atoms with Crippen LogP contribution < -0.4 is 10.6 Å². The third kappa shape index (κ3) is 3.05. The second-order valence-corrected chi connectivity index (χ2v) is 5.83. The topological polar surface area (TPSA) is 59.2 Å². The van der Waals surface area contributed by atoms with Gasteiger partial charge < -0.3 is 5.73 Å². The van der Waals surface area contributed by atoms with Crippen molar-refractivity contribution in [2.45, 2.75) is 19.8 Å². The van der Waals surface area contributed by atoms with Crippen LogP contribution in [0.3, 0.4) is 0 Å². The number of urea groups is 1. The fourth-order valence-electron chi connectivity index (χ4n) is 1.59. The number of aromatic nitrogens is 1. The van der Waals surface area contributed by atoms with E-state index < -0.39 is 6.03 Å². The van der Waals surface area contributed by atoms with Crippen LogP contribution in [0.15, 0.2) is 30.5 Å². The maximum Gasteiger partial charge on any atom is 0.325 e. The Kier molecular flexibility index (Phi) is 4.07. The summed E-state index contributed by atoms with van der Waals surface area (Å²) in [5.74, 6) is 0.361. The Labute approximate surface area is 120 Å². The molecular formula is C13H14ClN3OS. The Morgan fingerprint density at radius 3 is 2.74 bits per heavy atom. The van der Waals surface area contributed by atoms with Gasteiger partial charge in [-0.15, -0.1) is 11.3 Å². The van der Waals surface area contributed by atoms with Crippen molar-refractivity contribution in [2.75, 3.05) is 4.90 Å². The van der Waals surface area contributed by atoms with E-state index in [1.807, 2.05) is 0 Å². The SMILES string of the molecule is CC(C)c1cnc(N(C(N)=O)c2cccc(Cl)c2)s1. The standard InChI is InChI=1S/C13H14ClN3OS/c1-8(2)11-7-16-13(19-11)17(12(15)18)10-5-3-4-9(14)6-10/h3-8H,1-2H3,(H2,15,18). The monoisotopic (exact) mass is 295 g/mol. The molecule has 0 unspecified atom stereocenters. The predicted molar refractivity (Wildman–Crippen MR) is 79.4 cm³/mol. The van der Waals surface area contributed by atoms with Crippen LogP contribution in [-0.2, 0) is 0 Å². The molecule has 0 radical (unpaired) electrons. The number of nitrogens with zero attached hydrogens (tertiary/aromatic N) is 2. The molecule has 2 aromatic rings. The Hall–Kier alpha value is -1.59. The zero-order valence-electron chi connectivity index (χ0n) is 10.6.